The van der Waals surface area contributed by atoms with Crippen molar-refractivity contribution in [2.24, 2.45) is 5.92 Å². The molecule has 5 aromatic rings. The molecule has 14 nitrogen and oxygen atoms in total. The standard InChI is InChI=1S/C38H42N10O4/c49-32-29(44-36(51)25-13-14-25)18-30(33(32)50)48-22-41-31-34(40-20-28(23-8-3-1-4-9-23)24-10-5-2-6-11-24)45-37(46-35(31)48)47-17-15-27(21-47)43-38(52)42-26-12-7-16-39-19-26/h1-12,16,19,22,25,27-30,32-33,49-50H,13-15,17-18,20-21H2,(H,44,51)(H,40,45,46)(H2,42,43,52)/t27-,29+,30-,32-,33+/m1/s1. The molecular weight excluding hydrogens is 660 g/mol. The van der Waals surface area contributed by atoms with Gasteiger partial charge in [0.2, 0.25) is 11.9 Å². The number of pyridine rings is 1. The summed E-state index contributed by atoms with van der Waals surface area (Å²) >= 11 is 0. The quantitative estimate of drug-likeness (QED) is 0.119. The molecule has 268 valence electrons. The molecule has 1 aliphatic heterocycles. The second-order valence-corrected chi connectivity index (χ2v) is 13.9. The normalized spacial score (nSPS) is 22.8. The SMILES string of the molecule is O=C(Nc1cccnc1)N[C@@H]1CCN(c2nc(NCC(c3ccccc3)c3ccccc3)c3ncn([C@@H]4C[C@H](NC(=O)C5CC5)[C@@H](O)[C@H]4O)c3n2)C1. The highest BCUT2D eigenvalue weighted by Crippen LogP contribution is 2.37. The van der Waals surface area contributed by atoms with Crippen LogP contribution in [0.25, 0.3) is 11.2 Å². The molecule has 3 aliphatic rings. The Balaban J connectivity index is 1.08. The van der Waals surface area contributed by atoms with Crippen molar-refractivity contribution in [2.45, 2.75) is 61.9 Å². The smallest absolute Gasteiger partial charge is 0.319 e. The first-order chi connectivity index (χ1) is 25.4. The number of urea groups is 1. The third-order valence-electron chi connectivity index (χ3n) is 10.3. The van der Waals surface area contributed by atoms with E-state index in [1.165, 1.54) is 0 Å². The number of aliphatic hydroxyl groups excluding tert-OH is 2. The minimum atomic E-state index is -1.14. The number of nitrogens with one attached hydrogen (secondary N) is 4. The van der Waals surface area contributed by atoms with E-state index in [0.29, 0.717) is 61.1 Å². The Kier molecular flexibility index (Phi) is 9.39. The maximum Gasteiger partial charge on any atom is 0.319 e. The van der Waals surface area contributed by atoms with Gasteiger partial charge in [0.1, 0.15) is 12.2 Å². The topological polar surface area (TPSA) is 182 Å². The number of fused-ring (bicyclic) bond motifs is 1. The summed E-state index contributed by atoms with van der Waals surface area (Å²) in [6.07, 6.45) is 5.28. The Morgan fingerprint density at radius 1 is 0.885 bits per heavy atom. The van der Waals surface area contributed by atoms with Crippen molar-refractivity contribution in [2.75, 3.05) is 35.2 Å². The van der Waals surface area contributed by atoms with Crippen molar-refractivity contribution in [3.63, 3.8) is 0 Å². The molecule has 8 rings (SSSR count). The number of carbonyl (C=O) groups excluding carboxylic acids is 2. The van der Waals surface area contributed by atoms with E-state index in [4.69, 9.17) is 15.0 Å². The van der Waals surface area contributed by atoms with Crippen LogP contribution in [0.3, 0.4) is 0 Å². The third-order valence-corrected chi connectivity index (χ3v) is 10.3. The van der Waals surface area contributed by atoms with Gasteiger partial charge >= 0.3 is 6.03 Å². The lowest BCUT2D eigenvalue weighted by Gasteiger charge is -2.22. The van der Waals surface area contributed by atoms with E-state index in [1.807, 2.05) is 41.3 Å². The van der Waals surface area contributed by atoms with Crippen LogP contribution in [0.1, 0.15) is 48.8 Å². The zero-order valence-electron chi connectivity index (χ0n) is 28.5. The van der Waals surface area contributed by atoms with Crippen LogP contribution in [0.4, 0.5) is 22.2 Å². The Bertz CT molecular complexity index is 1970. The summed E-state index contributed by atoms with van der Waals surface area (Å²) in [5.41, 5.74) is 3.93. The number of hydrogen-bond acceptors (Lipinski definition) is 10. The van der Waals surface area contributed by atoms with Gasteiger partial charge in [0.15, 0.2) is 17.0 Å². The molecule has 0 spiro atoms. The van der Waals surface area contributed by atoms with E-state index >= 15 is 0 Å². The van der Waals surface area contributed by atoms with Crippen LogP contribution in [0.5, 0.6) is 0 Å². The van der Waals surface area contributed by atoms with E-state index < -0.39 is 24.3 Å². The summed E-state index contributed by atoms with van der Waals surface area (Å²) in [7, 11) is 0. The molecule has 3 fully saturated rings. The van der Waals surface area contributed by atoms with Gasteiger partial charge in [0.05, 0.1) is 30.3 Å². The molecule has 4 heterocycles. The highest BCUT2D eigenvalue weighted by molar-refractivity contribution is 5.89. The van der Waals surface area contributed by atoms with Crippen LogP contribution in [0.15, 0.2) is 91.5 Å². The molecule has 0 unspecified atom stereocenters. The molecule has 1 saturated heterocycles. The lowest BCUT2D eigenvalue weighted by molar-refractivity contribution is -0.123. The molecule has 2 saturated carbocycles. The zero-order chi connectivity index (χ0) is 35.6. The number of rotatable bonds is 11. The average molecular weight is 703 g/mol. The van der Waals surface area contributed by atoms with Crippen molar-refractivity contribution in [3.05, 3.63) is 103 Å². The van der Waals surface area contributed by atoms with Crippen molar-refractivity contribution < 1.29 is 19.8 Å². The van der Waals surface area contributed by atoms with Gasteiger partial charge in [0, 0.05) is 43.7 Å². The van der Waals surface area contributed by atoms with E-state index in [2.05, 4.69) is 50.5 Å². The number of nitrogens with zero attached hydrogens (tertiary/aromatic N) is 6. The minimum Gasteiger partial charge on any atom is -0.388 e. The number of hydrogen-bond donors (Lipinski definition) is 6. The van der Waals surface area contributed by atoms with E-state index in [-0.39, 0.29) is 29.8 Å². The summed E-state index contributed by atoms with van der Waals surface area (Å²) < 4.78 is 1.79. The molecule has 3 amide bonds. The van der Waals surface area contributed by atoms with Crippen molar-refractivity contribution in [1.29, 1.82) is 0 Å². The van der Waals surface area contributed by atoms with Crippen molar-refractivity contribution in [3.8, 4) is 0 Å². The number of imidazole rings is 1. The fraction of sp³-hybridized carbons (Fsp3) is 0.368. The number of aliphatic hydroxyl groups is 2. The van der Waals surface area contributed by atoms with Crippen LogP contribution < -0.4 is 26.2 Å². The maximum absolute atomic E-state index is 12.8. The predicted molar refractivity (Wildman–Crippen MR) is 196 cm³/mol. The van der Waals surface area contributed by atoms with Gasteiger partial charge in [-0.3, -0.25) is 9.78 Å². The summed E-state index contributed by atoms with van der Waals surface area (Å²) in [6.45, 7) is 1.61. The van der Waals surface area contributed by atoms with E-state index in [9.17, 15) is 19.8 Å². The van der Waals surface area contributed by atoms with Crippen LogP contribution in [0.2, 0.25) is 0 Å². The first-order valence-corrected chi connectivity index (χ1v) is 17.9. The Morgan fingerprint density at radius 2 is 1.63 bits per heavy atom. The van der Waals surface area contributed by atoms with Crippen molar-refractivity contribution in [1.82, 2.24) is 35.1 Å². The molecule has 0 radical (unpaired) electrons. The summed E-state index contributed by atoms with van der Waals surface area (Å²) in [6, 6.07) is 22.5. The third kappa shape index (κ3) is 7.12. The lowest BCUT2D eigenvalue weighted by atomic mass is 9.91. The van der Waals surface area contributed by atoms with Crippen LogP contribution in [-0.4, -0.2) is 90.6 Å². The molecule has 52 heavy (non-hydrogen) atoms. The van der Waals surface area contributed by atoms with Gasteiger partial charge in [-0.2, -0.15) is 9.97 Å². The molecule has 14 heteroatoms. The molecule has 0 bridgehead atoms. The molecule has 3 aromatic heterocycles. The Labute approximate surface area is 300 Å². The molecule has 2 aliphatic carbocycles. The fourth-order valence-corrected chi connectivity index (χ4v) is 7.33. The number of benzene rings is 2. The molecule has 2 aromatic carbocycles. The highest BCUT2D eigenvalue weighted by Gasteiger charge is 2.45. The van der Waals surface area contributed by atoms with Crippen molar-refractivity contribution >= 4 is 40.6 Å². The maximum atomic E-state index is 12.8. The number of anilines is 3. The van der Waals surface area contributed by atoms with E-state index in [0.717, 1.165) is 24.0 Å². The van der Waals surface area contributed by atoms with Crippen LogP contribution in [-0.2, 0) is 4.79 Å². The predicted octanol–water partition coefficient (Wildman–Crippen LogP) is 3.43. The van der Waals surface area contributed by atoms with Gasteiger partial charge in [-0.25, -0.2) is 9.78 Å². The summed E-state index contributed by atoms with van der Waals surface area (Å²) in [4.78, 5) is 46.2. The zero-order valence-corrected chi connectivity index (χ0v) is 28.5. The molecule has 6 N–H and O–H groups in total. The second-order valence-electron chi connectivity index (χ2n) is 13.9. The Morgan fingerprint density at radius 3 is 2.33 bits per heavy atom. The van der Waals surface area contributed by atoms with Gasteiger partial charge < -0.3 is 40.9 Å². The largest absolute Gasteiger partial charge is 0.388 e. The number of aromatic nitrogens is 5. The fourth-order valence-electron chi connectivity index (χ4n) is 7.33. The lowest BCUT2D eigenvalue weighted by Crippen LogP contribution is -2.43. The van der Waals surface area contributed by atoms with Gasteiger partial charge in [-0.1, -0.05) is 60.7 Å². The summed E-state index contributed by atoms with van der Waals surface area (Å²) in [5.74, 6) is 0.905. The minimum absolute atomic E-state index is 0.0132. The van der Waals surface area contributed by atoms with Gasteiger partial charge in [0.25, 0.3) is 0 Å². The first-order valence-electron chi connectivity index (χ1n) is 17.9. The number of amides is 3. The second kappa shape index (κ2) is 14.6. The van der Waals surface area contributed by atoms with E-state index in [1.54, 1.807) is 35.4 Å². The van der Waals surface area contributed by atoms with Gasteiger partial charge in [-0.15, -0.1) is 0 Å². The van der Waals surface area contributed by atoms with Crippen LogP contribution in [0, 0.1) is 5.92 Å². The molecular formula is C38H42N10O4. The monoisotopic (exact) mass is 702 g/mol. The first kappa shape index (κ1) is 33.5. The highest BCUT2D eigenvalue weighted by atomic mass is 16.3. The Hall–Kier alpha value is -5.60. The van der Waals surface area contributed by atoms with Crippen LogP contribution >= 0.6 is 0 Å². The number of carbonyl (C=O) groups is 2. The summed E-state index contributed by atoms with van der Waals surface area (Å²) in [5, 5.41) is 34.7. The van der Waals surface area contributed by atoms with Gasteiger partial charge in [-0.05, 0) is 48.9 Å². The average Bonchev–Trinajstić information content (AvgIpc) is 3.69. The molecule has 5 atom stereocenters.